The molecule has 0 heterocycles. The quantitative estimate of drug-likeness (QED) is 0.112. The van der Waals surface area contributed by atoms with Crippen molar-refractivity contribution in [3.8, 4) is 0 Å². The van der Waals surface area contributed by atoms with Gasteiger partial charge >= 0.3 is 0 Å². The zero-order chi connectivity index (χ0) is 21.5. The SMILES string of the molecule is C=N/C(C(N)=O)=C(/NC)SCNc1ccc2ccccc2c1.O=CCCCCBr. The Bertz CT molecular complexity index is 842. The standard InChI is InChI=1S/C16H18N4OS.C5H9BrO/c1-18-14(15(17)21)16(19-2)22-10-20-13-8-7-11-5-3-4-6-12(11)9-13;6-4-2-1-3-5-7/h3-9,19-20H,1,10H2,2H3,(H2,17,21);5H,1-4H2/b16-14-;. The Kier molecular flexibility index (Phi) is 12.5. The lowest BCUT2D eigenvalue weighted by Gasteiger charge is -2.11. The Labute approximate surface area is 184 Å². The van der Waals surface area contributed by atoms with Crippen LogP contribution in [0.15, 0.2) is 58.2 Å². The van der Waals surface area contributed by atoms with Gasteiger partial charge in [-0.3, -0.25) is 9.79 Å². The Hall–Kier alpha value is -2.32. The lowest BCUT2D eigenvalue weighted by atomic mass is 10.1. The summed E-state index contributed by atoms with van der Waals surface area (Å²) in [6.07, 6.45) is 3.81. The molecule has 4 N–H and O–H groups in total. The number of primary amides is 1. The molecule has 0 saturated heterocycles. The van der Waals surface area contributed by atoms with E-state index in [1.165, 1.54) is 22.5 Å². The van der Waals surface area contributed by atoms with Gasteiger partial charge in [-0.2, -0.15) is 0 Å². The highest BCUT2D eigenvalue weighted by atomic mass is 79.9. The average molecular weight is 479 g/mol. The number of amides is 1. The molecular weight excluding hydrogens is 452 g/mol. The van der Waals surface area contributed by atoms with Gasteiger partial charge in [-0.15, -0.1) is 0 Å². The van der Waals surface area contributed by atoms with E-state index in [4.69, 9.17) is 5.73 Å². The molecule has 0 aliphatic heterocycles. The van der Waals surface area contributed by atoms with Crippen molar-refractivity contribution in [1.29, 1.82) is 0 Å². The lowest BCUT2D eigenvalue weighted by Crippen LogP contribution is -2.19. The molecule has 6 nitrogen and oxygen atoms in total. The van der Waals surface area contributed by atoms with Crippen molar-refractivity contribution in [2.75, 3.05) is 23.6 Å². The second-order valence-electron chi connectivity index (χ2n) is 5.83. The normalized spacial score (nSPS) is 11.0. The first-order valence-electron chi connectivity index (χ1n) is 9.11. The van der Waals surface area contributed by atoms with Crippen molar-refractivity contribution < 1.29 is 9.59 Å². The Morgan fingerprint density at radius 1 is 1.24 bits per heavy atom. The smallest absolute Gasteiger partial charge is 0.269 e. The van der Waals surface area contributed by atoms with Gasteiger partial charge in [-0.25, -0.2) is 0 Å². The molecule has 0 radical (unpaired) electrons. The molecule has 2 rings (SSSR count). The van der Waals surface area contributed by atoms with Crippen LogP contribution in [0.5, 0.6) is 0 Å². The lowest BCUT2D eigenvalue weighted by molar-refractivity contribution is -0.114. The average Bonchev–Trinajstić information content (AvgIpc) is 2.73. The predicted octanol–water partition coefficient (Wildman–Crippen LogP) is 4.27. The molecule has 0 aromatic heterocycles. The first-order valence-corrected chi connectivity index (χ1v) is 11.2. The number of nitrogens with two attached hydrogens (primary N) is 1. The summed E-state index contributed by atoms with van der Waals surface area (Å²) in [6.45, 7) is 3.37. The fraction of sp³-hybridized carbons (Fsp3) is 0.286. The number of unbranched alkanes of at least 4 members (excludes halogenated alkanes) is 2. The summed E-state index contributed by atoms with van der Waals surface area (Å²) in [5.41, 5.74) is 6.42. The van der Waals surface area contributed by atoms with E-state index < -0.39 is 5.91 Å². The van der Waals surface area contributed by atoms with E-state index in [1.54, 1.807) is 7.05 Å². The van der Waals surface area contributed by atoms with Crippen molar-refractivity contribution in [1.82, 2.24) is 5.32 Å². The van der Waals surface area contributed by atoms with Crippen molar-refractivity contribution in [2.24, 2.45) is 10.7 Å². The number of alkyl halides is 1. The van der Waals surface area contributed by atoms with Crippen LogP contribution in [0.2, 0.25) is 0 Å². The highest BCUT2D eigenvalue weighted by Crippen LogP contribution is 2.21. The number of benzene rings is 2. The van der Waals surface area contributed by atoms with Crippen molar-refractivity contribution in [3.05, 3.63) is 53.2 Å². The van der Waals surface area contributed by atoms with E-state index in [2.05, 4.69) is 62.5 Å². The fourth-order valence-corrected chi connectivity index (χ4v) is 3.56. The second-order valence-corrected chi connectivity index (χ2v) is 7.61. The number of carbonyl (C=O) groups is 2. The molecule has 0 atom stereocenters. The van der Waals surface area contributed by atoms with Crippen LogP contribution in [-0.2, 0) is 9.59 Å². The highest BCUT2D eigenvalue weighted by molar-refractivity contribution is 9.09. The molecule has 0 unspecified atom stereocenters. The molecule has 2 aromatic carbocycles. The summed E-state index contributed by atoms with van der Waals surface area (Å²) in [4.78, 5) is 24.6. The number of hydrogen-bond donors (Lipinski definition) is 3. The van der Waals surface area contributed by atoms with Crippen LogP contribution < -0.4 is 16.4 Å². The molecule has 0 saturated carbocycles. The van der Waals surface area contributed by atoms with Gasteiger partial charge in [-0.05, 0) is 42.5 Å². The van der Waals surface area contributed by atoms with E-state index in [-0.39, 0.29) is 5.70 Å². The van der Waals surface area contributed by atoms with Crippen LogP contribution in [0.25, 0.3) is 10.8 Å². The van der Waals surface area contributed by atoms with Crippen molar-refractivity contribution in [3.63, 3.8) is 0 Å². The molecular formula is C21H27BrN4O2S. The number of halogens is 1. The first-order chi connectivity index (χ1) is 14.1. The molecule has 8 heteroatoms. The number of aliphatic imine (C=N–C) groups is 1. The number of fused-ring (bicyclic) bond motifs is 1. The summed E-state index contributed by atoms with van der Waals surface area (Å²) < 4.78 is 0. The molecule has 0 aliphatic carbocycles. The van der Waals surface area contributed by atoms with Crippen LogP contribution in [0.4, 0.5) is 5.69 Å². The fourth-order valence-electron chi connectivity index (χ4n) is 2.33. The third-order valence-electron chi connectivity index (χ3n) is 3.78. The van der Waals surface area contributed by atoms with Gasteiger partial charge in [0.25, 0.3) is 5.91 Å². The maximum Gasteiger partial charge on any atom is 0.269 e. The van der Waals surface area contributed by atoms with E-state index >= 15 is 0 Å². The van der Waals surface area contributed by atoms with Gasteiger partial charge in [0.1, 0.15) is 11.3 Å². The van der Waals surface area contributed by atoms with E-state index in [1.807, 2.05) is 18.2 Å². The van der Waals surface area contributed by atoms with Crippen LogP contribution in [0.1, 0.15) is 19.3 Å². The van der Waals surface area contributed by atoms with Crippen molar-refractivity contribution >= 4 is 63.1 Å². The van der Waals surface area contributed by atoms with Crippen molar-refractivity contribution in [2.45, 2.75) is 19.3 Å². The summed E-state index contributed by atoms with van der Waals surface area (Å²) in [5.74, 6) is -0.0292. The van der Waals surface area contributed by atoms with Gasteiger partial charge in [0.15, 0.2) is 5.70 Å². The summed E-state index contributed by atoms with van der Waals surface area (Å²) >= 11 is 4.67. The number of carbonyl (C=O) groups excluding carboxylic acids is 2. The Morgan fingerprint density at radius 2 is 1.97 bits per heavy atom. The molecule has 2 aromatic rings. The number of thioether (sulfide) groups is 1. The summed E-state index contributed by atoms with van der Waals surface area (Å²) in [7, 11) is 1.71. The maximum atomic E-state index is 11.3. The zero-order valence-corrected chi connectivity index (χ0v) is 18.9. The number of anilines is 1. The predicted molar refractivity (Wildman–Crippen MR) is 129 cm³/mol. The Balaban J connectivity index is 0.000000516. The van der Waals surface area contributed by atoms with Gasteiger partial charge in [-0.1, -0.05) is 58.0 Å². The minimum Gasteiger partial charge on any atom is -0.381 e. The summed E-state index contributed by atoms with van der Waals surface area (Å²) in [5, 5.41) is 10.2. The molecule has 156 valence electrons. The zero-order valence-electron chi connectivity index (χ0n) is 16.5. The van der Waals surface area contributed by atoms with Gasteiger partial charge < -0.3 is 21.2 Å². The topological polar surface area (TPSA) is 96.6 Å². The van der Waals surface area contributed by atoms with Gasteiger partial charge in [0, 0.05) is 24.5 Å². The number of nitrogens with zero attached hydrogens (tertiary/aromatic N) is 1. The number of hydrogen-bond acceptors (Lipinski definition) is 6. The second kappa shape index (κ2) is 14.6. The molecule has 0 bridgehead atoms. The number of nitrogens with one attached hydrogen (secondary N) is 2. The number of rotatable bonds is 11. The van der Waals surface area contributed by atoms with Gasteiger partial charge in [0.2, 0.25) is 0 Å². The largest absolute Gasteiger partial charge is 0.381 e. The van der Waals surface area contributed by atoms with Crippen LogP contribution in [0, 0.1) is 0 Å². The molecule has 29 heavy (non-hydrogen) atoms. The molecule has 0 spiro atoms. The van der Waals surface area contributed by atoms with E-state index in [0.717, 1.165) is 30.1 Å². The minimum atomic E-state index is -0.599. The van der Waals surface area contributed by atoms with Crippen LogP contribution in [-0.4, -0.2) is 37.2 Å². The monoisotopic (exact) mass is 478 g/mol. The van der Waals surface area contributed by atoms with E-state index in [9.17, 15) is 9.59 Å². The van der Waals surface area contributed by atoms with Crippen LogP contribution in [0.3, 0.4) is 0 Å². The maximum absolute atomic E-state index is 11.3. The molecule has 0 fully saturated rings. The highest BCUT2D eigenvalue weighted by Gasteiger charge is 2.10. The minimum absolute atomic E-state index is 0.146. The summed E-state index contributed by atoms with van der Waals surface area (Å²) in [6, 6.07) is 14.3. The molecule has 1 amide bonds. The van der Waals surface area contributed by atoms with Gasteiger partial charge in [0.05, 0.1) is 5.88 Å². The van der Waals surface area contributed by atoms with Crippen LogP contribution >= 0.6 is 27.7 Å². The number of aldehydes is 1. The first kappa shape index (κ1) is 24.7. The third-order valence-corrected chi connectivity index (χ3v) is 5.32. The third kappa shape index (κ3) is 9.15. The Morgan fingerprint density at radius 3 is 2.55 bits per heavy atom. The van der Waals surface area contributed by atoms with E-state index in [0.29, 0.717) is 17.3 Å². The molecule has 0 aliphatic rings.